The van der Waals surface area contributed by atoms with Crippen LogP contribution in [0, 0.1) is 0 Å². The second-order valence-electron chi connectivity index (χ2n) is 3.91. The number of hydrogen-bond donors (Lipinski definition) is 4. The zero-order valence-corrected chi connectivity index (χ0v) is 10.8. The SMILES string of the molecule is CCC(O)CCNc1cc(NN)nc(COC)n1. The summed E-state index contributed by atoms with van der Waals surface area (Å²) in [6.07, 6.45) is 1.13. The quantitative estimate of drug-likeness (QED) is 0.395. The van der Waals surface area contributed by atoms with Gasteiger partial charge >= 0.3 is 0 Å². The van der Waals surface area contributed by atoms with Crippen molar-refractivity contribution >= 4 is 11.6 Å². The normalized spacial score (nSPS) is 12.2. The van der Waals surface area contributed by atoms with E-state index >= 15 is 0 Å². The van der Waals surface area contributed by atoms with Gasteiger partial charge in [-0.2, -0.15) is 0 Å². The Labute approximate surface area is 107 Å². The lowest BCUT2D eigenvalue weighted by atomic mass is 10.2. The third-order valence-corrected chi connectivity index (χ3v) is 2.45. The second kappa shape index (κ2) is 7.80. The van der Waals surface area contributed by atoms with Crippen molar-refractivity contribution in [3.63, 3.8) is 0 Å². The molecule has 1 heterocycles. The number of nitrogen functional groups attached to an aromatic ring is 1. The second-order valence-corrected chi connectivity index (χ2v) is 3.91. The fourth-order valence-corrected chi connectivity index (χ4v) is 1.43. The molecule has 1 aromatic rings. The van der Waals surface area contributed by atoms with E-state index < -0.39 is 0 Å². The lowest BCUT2D eigenvalue weighted by Crippen LogP contribution is -2.15. The van der Waals surface area contributed by atoms with Crippen LogP contribution >= 0.6 is 0 Å². The molecule has 1 rings (SSSR count). The summed E-state index contributed by atoms with van der Waals surface area (Å²) in [5, 5.41) is 12.6. The summed E-state index contributed by atoms with van der Waals surface area (Å²) in [6.45, 7) is 2.91. The molecule has 7 nitrogen and oxygen atoms in total. The molecule has 1 unspecified atom stereocenters. The van der Waals surface area contributed by atoms with Crippen LogP contribution < -0.4 is 16.6 Å². The lowest BCUT2D eigenvalue weighted by molar-refractivity contribution is 0.164. The zero-order valence-electron chi connectivity index (χ0n) is 10.8. The maximum atomic E-state index is 9.45. The predicted molar refractivity (Wildman–Crippen MR) is 70.0 cm³/mol. The molecule has 0 aliphatic rings. The number of nitrogens with two attached hydrogens (primary N) is 1. The standard InChI is InChI=1S/C11H21N5O2/c1-3-8(17)4-5-13-9-6-10(16-12)15-11(14-9)7-18-2/h6,8,17H,3-5,7,12H2,1-2H3,(H2,13,14,15,16). The first-order valence-electron chi connectivity index (χ1n) is 5.95. The number of ether oxygens (including phenoxy) is 1. The molecule has 7 heteroatoms. The topological polar surface area (TPSA) is 105 Å². The third kappa shape index (κ3) is 4.82. The average Bonchev–Trinajstić information content (AvgIpc) is 2.38. The van der Waals surface area contributed by atoms with Gasteiger partial charge in [0.2, 0.25) is 0 Å². The lowest BCUT2D eigenvalue weighted by Gasteiger charge is -2.11. The molecule has 0 radical (unpaired) electrons. The molecule has 18 heavy (non-hydrogen) atoms. The maximum absolute atomic E-state index is 9.45. The van der Waals surface area contributed by atoms with Crippen molar-refractivity contribution in [3.05, 3.63) is 11.9 Å². The van der Waals surface area contributed by atoms with E-state index in [0.29, 0.717) is 37.0 Å². The first kappa shape index (κ1) is 14.6. The highest BCUT2D eigenvalue weighted by Gasteiger charge is 2.05. The molecule has 0 fully saturated rings. The van der Waals surface area contributed by atoms with E-state index in [2.05, 4.69) is 20.7 Å². The van der Waals surface area contributed by atoms with Gasteiger partial charge in [-0.05, 0) is 12.8 Å². The van der Waals surface area contributed by atoms with Gasteiger partial charge in [0.1, 0.15) is 18.2 Å². The van der Waals surface area contributed by atoms with Gasteiger partial charge in [0.15, 0.2) is 5.82 Å². The van der Waals surface area contributed by atoms with Crippen LogP contribution in [0.25, 0.3) is 0 Å². The largest absolute Gasteiger partial charge is 0.393 e. The third-order valence-electron chi connectivity index (χ3n) is 2.45. The number of aliphatic hydroxyl groups excluding tert-OH is 1. The van der Waals surface area contributed by atoms with Crippen LogP contribution in [-0.2, 0) is 11.3 Å². The van der Waals surface area contributed by atoms with Crippen LogP contribution in [0.5, 0.6) is 0 Å². The summed E-state index contributed by atoms with van der Waals surface area (Å²) in [5.41, 5.74) is 2.48. The fraction of sp³-hybridized carbons (Fsp3) is 0.636. The molecular formula is C11H21N5O2. The zero-order chi connectivity index (χ0) is 13.4. The van der Waals surface area contributed by atoms with Crippen molar-refractivity contribution in [2.24, 2.45) is 5.84 Å². The van der Waals surface area contributed by atoms with Crippen molar-refractivity contribution < 1.29 is 9.84 Å². The molecule has 0 aliphatic heterocycles. The first-order chi connectivity index (χ1) is 8.69. The number of nitrogens with zero attached hydrogens (tertiary/aromatic N) is 2. The number of rotatable bonds is 8. The van der Waals surface area contributed by atoms with Crippen LogP contribution in [0.3, 0.4) is 0 Å². The van der Waals surface area contributed by atoms with E-state index in [1.54, 1.807) is 13.2 Å². The molecule has 0 aliphatic carbocycles. The van der Waals surface area contributed by atoms with Gasteiger partial charge in [-0.1, -0.05) is 6.92 Å². The summed E-state index contributed by atoms with van der Waals surface area (Å²) in [7, 11) is 1.58. The number of anilines is 2. The van der Waals surface area contributed by atoms with E-state index in [1.807, 2.05) is 6.92 Å². The molecule has 0 amide bonds. The molecule has 0 bridgehead atoms. The van der Waals surface area contributed by atoms with Gasteiger partial charge in [0, 0.05) is 19.7 Å². The van der Waals surface area contributed by atoms with E-state index in [-0.39, 0.29) is 6.10 Å². The summed E-state index contributed by atoms with van der Waals surface area (Å²) in [5.74, 6) is 7.07. The van der Waals surface area contributed by atoms with Gasteiger partial charge in [-0.15, -0.1) is 0 Å². The van der Waals surface area contributed by atoms with Crippen molar-refractivity contribution in [2.45, 2.75) is 32.5 Å². The van der Waals surface area contributed by atoms with E-state index in [1.165, 1.54) is 0 Å². The Morgan fingerprint density at radius 2 is 2.17 bits per heavy atom. The summed E-state index contributed by atoms with van der Waals surface area (Å²) >= 11 is 0. The molecule has 102 valence electrons. The molecule has 0 saturated heterocycles. The Morgan fingerprint density at radius 3 is 2.78 bits per heavy atom. The smallest absolute Gasteiger partial charge is 0.158 e. The van der Waals surface area contributed by atoms with Gasteiger partial charge in [0.05, 0.1) is 6.10 Å². The fourth-order valence-electron chi connectivity index (χ4n) is 1.43. The molecular weight excluding hydrogens is 234 g/mol. The minimum atomic E-state index is -0.287. The van der Waals surface area contributed by atoms with Crippen LogP contribution in [0.4, 0.5) is 11.6 Å². The highest BCUT2D eigenvalue weighted by molar-refractivity contribution is 5.46. The summed E-state index contributed by atoms with van der Waals surface area (Å²) in [6, 6.07) is 1.71. The number of aromatic nitrogens is 2. The van der Waals surface area contributed by atoms with Gasteiger partial charge in [0.25, 0.3) is 0 Å². The molecule has 0 aromatic carbocycles. The number of aliphatic hydroxyl groups is 1. The number of hydrazine groups is 1. The summed E-state index contributed by atoms with van der Waals surface area (Å²) < 4.78 is 4.98. The van der Waals surface area contributed by atoms with Crippen LogP contribution in [0.15, 0.2) is 6.07 Å². The van der Waals surface area contributed by atoms with Gasteiger partial charge < -0.3 is 20.6 Å². The Kier molecular flexibility index (Phi) is 6.34. The Balaban J connectivity index is 2.60. The van der Waals surface area contributed by atoms with Crippen LogP contribution in [0.2, 0.25) is 0 Å². The van der Waals surface area contributed by atoms with Crippen molar-refractivity contribution in [2.75, 3.05) is 24.4 Å². The minimum absolute atomic E-state index is 0.287. The maximum Gasteiger partial charge on any atom is 0.158 e. The number of methoxy groups -OCH3 is 1. The van der Waals surface area contributed by atoms with Crippen molar-refractivity contribution in [1.82, 2.24) is 9.97 Å². The van der Waals surface area contributed by atoms with Crippen LogP contribution in [0.1, 0.15) is 25.6 Å². The Morgan fingerprint density at radius 1 is 1.44 bits per heavy atom. The van der Waals surface area contributed by atoms with Crippen molar-refractivity contribution in [1.29, 1.82) is 0 Å². The first-order valence-corrected chi connectivity index (χ1v) is 5.95. The predicted octanol–water partition coefficient (Wildman–Crippen LogP) is 0.481. The molecule has 0 spiro atoms. The van der Waals surface area contributed by atoms with Gasteiger partial charge in [-0.25, -0.2) is 15.8 Å². The molecule has 1 atom stereocenters. The number of nitrogens with one attached hydrogen (secondary N) is 2. The summed E-state index contributed by atoms with van der Waals surface area (Å²) in [4.78, 5) is 8.41. The monoisotopic (exact) mass is 255 g/mol. The van der Waals surface area contributed by atoms with E-state index in [4.69, 9.17) is 10.6 Å². The van der Waals surface area contributed by atoms with Crippen molar-refractivity contribution in [3.8, 4) is 0 Å². The van der Waals surface area contributed by atoms with E-state index in [0.717, 1.165) is 6.42 Å². The minimum Gasteiger partial charge on any atom is -0.393 e. The Hall–Kier alpha value is -1.44. The molecule has 1 aromatic heterocycles. The average molecular weight is 255 g/mol. The number of hydrogen-bond acceptors (Lipinski definition) is 7. The highest BCUT2D eigenvalue weighted by Crippen LogP contribution is 2.11. The molecule has 0 saturated carbocycles. The van der Waals surface area contributed by atoms with E-state index in [9.17, 15) is 5.11 Å². The van der Waals surface area contributed by atoms with Crippen LogP contribution in [-0.4, -0.2) is 34.8 Å². The van der Waals surface area contributed by atoms with Gasteiger partial charge in [-0.3, -0.25) is 0 Å². The molecule has 5 N–H and O–H groups in total. The Bertz CT molecular complexity index is 361. The highest BCUT2D eigenvalue weighted by atomic mass is 16.5.